The fourth-order valence-electron chi connectivity index (χ4n) is 2.71. The van der Waals surface area contributed by atoms with E-state index >= 15 is 0 Å². The van der Waals surface area contributed by atoms with Crippen molar-refractivity contribution in [1.82, 2.24) is 4.90 Å². The molecular formula is C17H22BrN3O2. The van der Waals surface area contributed by atoms with E-state index in [4.69, 9.17) is 10.5 Å². The van der Waals surface area contributed by atoms with Crippen LogP contribution in [0.15, 0.2) is 16.6 Å². The molecule has 2 rings (SSSR count). The molecule has 1 aliphatic rings. The van der Waals surface area contributed by atoms with Crippen LogP contribution in [-0.2, 0) is 4.74 Å². The number of benzene rings is 1. The molecule has 1 fully saturated rings. The molecule has 0 radical (unpaired) electrons. The second-order valence-corrected chi connectivity index (χ2v) is 7.70. The van der Waals surface area contributed by atoms with Crippen LogP contribution < -0.4 is 5.73 Å². The van der Waals surface area contributed by atoms with Gasteiger partial charge in [0.25, 0.3) is 0 Å². The molecule has 0 aliphatic carbocycles. The topological polar surface area (TPSA) is 79.3 Å². The molecule has 2 N–H and O–H groups in total. The van der Waals surface area contributed by atoms with Crippen molar-refractivity contribution in [3.05, 3.63) is 27.7 Å². The van der Waals surface area contributed by atoms with Crippen LogP contribution in [-0.4, -0.2) is 29.7 Å². The quantitative estimate of drug-likeness (QED) is 0.747. The minimum atomic E-state index is -0.498. The zero-order chi connectivity index (χ0) is 17.2. The fraction of sp³-hybridized carbons (Fsp3) is 0.529. The van der Waals surface area contributed by atoms with Crippen LogP contribution in [0.5, 0.6) is 0 Å². The van der Waals surface area contributed by atoms with Gasteiger partial charge in [-0.1, -0.05) is 0 Å². The molecule has 6 heteroatoms. The van der Waals surface area contributed by atoms with E-state index in [0.717, 1.165) is 22.9 Å². The normalized spacial score (nSPS) is 18.4. The van der Waals surface area contributed by atoms with Crippen LogP contribution in [0.2, 0.25) is 0 Å². The lowest BCUT2D eigenvalue weighted by Gasteiger charge is -2.34. The number of hydrogen-bond donors (Lipinski definition) is 1. The highest BCUT2D eigenvalue weighted by Crippen LogP contribution is 2.33. The molecule has 1 aliphatic heterocycles. The predicted octanol–water partition coefficient (Wildman–Crippen LogP) is 4.02. The van der Waals surface area contributed by atoms with Crippen LogP contribution in [0.1, 0.15) is 50.7 Å². The largest absolute Gasteiger partial charge is 0.444 e. The van der Waals surface area contributed by atoms with E-state index in [9.17, 15) is 10.1 Å². The van der Waals surface area contributed by atoms with E-state index in [2.05, 4.69) is 22.0 Å². The zero-order valence-corrected chi connectivity index (χ0v) is 15.3. The van der Waals surface area contributed by atoms with Gasteiger partial charge >= 0.3 is 6.09 Å². The lowest BCUT2D eigenvalue weighted by Crippen LogP contribution is -2.42. The minimum Gasteiger partial charge on any atom is -0.444 e. The first-order valence-corrected chi connectivity index (χ1v) is 8.47. The number of nitrogens with two attached hydrogens (primary N) is 1. The molecule has 1 aromatic rings. The Bertz CT molecular complexity index is 646. The van der Waals surface area contributed by atoms with Crippen LogP contribution >= 0.6 is 15.9 Å². The van der Waals surface area contributed by atoms with Gasteiger partial charge in [-0.25, -0.2) is 4.79 Å². The number of anilines is 1. The molecule has 5 nitrogen and oxygen atoms in total. The summed E-state index contributed by atoms with van der Waals surface area (Å²) in [5.41, 5.74) is 7.33. The molecule has 1 heterocycles. The third kappa shape index (κ3) is 4.38. The summed E-state index contributed by atoms with van der Waals surface area (Å²) >= 11 is 3.41. The molecule has 0 aromatic heterocycles. The maximum Gasteiger partial charge on any atom is 0.410 e. The standard InChI is InChI=1S/C17H22BrN3O2/c1-17(2,3)23-16(22)21-6-4-5-11(10-21)12-7-13(9-19)15(20)14(18)8-12/h7-8,11H,4-6,10,20H2,1-3H3. The Kier molecular flexibility index (Phi) is 5.20. The molecule has 1 aromatic carbocycles. The van der Waals surface area contributed by atoms with Crippen molar-refractivity contribution in [2.24, 2.45) is 0 Å². The smallest absolute Gasteiger partial charge is 0.410 e. The SMILES string of the molecule is CC(C)(C)OC(=O)N1CCCC(c2cc(Br)c(N)c(C#N)c2)C1. The number of halogens is 1. The van der Waals surface area contributed by atoms with E-state index in [1.165, 1.54) is 0 Å². The number of carbonyl (C=O) groups excluding carboxylic acids is 1. The summed E-state index contributed by atoms with van der Waals surface area (Å²) in [5.74, 6) is 0.181. The third-order valence-electron chi connectivity index (χ3n) is 3.82. The van der Waals surface area contributed by atoms with Crippen molar-refractivity contribution >= 4 is 27.7 Å². The number of ether oxygens (including phenoxy) is 1. The van der Waals surface area contributed by atoms with Crippen LogP contribution in [0.25, 0.3) is 0 Å². The number of likely N-dealkylation sites (tertiary alicyclic amines) is 1. The van der Waals surface area contributed by atoms with E-state index in [1.54, 1.807) is 4.90 Å². The van der Waals surface area contributed by atoms with Gasteiger partial charge in [-0.15, -0.1) is 0 Å². The molecule has 0 bridgehead atoms. The second kappa shape index (κ2) is 6.79. The first-order valence-electron chi connectivity index (χ1n) is 7.68. The minimum absolute atomic E-state index is 0.181. The summed E-state index contributed by atoms with van der Waals surface area (Å²) in [6.45, 7) is 6.89. The fourth-order valence-corrected chi connectivity index (χ4v) is 3.19. The summed E-state index contributed by atoms with van der Waals surface area (Å²) in [5, 5.41) is 9.20. The van der Waals surface area contributed by atoms with Gasteiger partial charge in [0.05, 0.1) is 11.3 Å². The van der Waals surface area contributed by atoms with Gasteiger partial charge < -0.3 is 15.4 Å². The number of rotatable bonds is 1. The Labute approximate surface area is 145 Å². The van der Waals surface area contributed by atoms with Gasteiger partial charge in [0.2, 0.25) is 0 Å². The second-order valence-electron chi connectivity index (χ2n) is 6.84. The molecule has 1 saturated heterocycles. The maximum atomic E-state index is 12.3. The van der Waals surface area contributed by atoms with Crippen molar-refractivity contribution in [2.45, 2.75) is 45.1 Å². The lowest BCUT2D eigenvalue weighted by atomic mass is 9.89. The Morgan fingerprint density at radius 1 is 1.48 bits per heavy atom. The molecule has 1 unspecified atom stereocenters. The Morgan fingerprint density at radius 2 is 2.17 bits per heavy atom. The van der Waals surface area contributed by atoms with Gasteiger partial charge in [0.15, 0.2) is 0 Å². The van der Waals surface area contributed by atoms with Crippen LogP contribution in [0.4, 0.5) is 10.5 Å². The first-order chi connectivity index (χ1) is 10.7. The van der Waals surface area contributed by atoms with Crippen molar-refractivity contribution in [3.8, 4) is 6.07 Å². The highest BCUT2D eigenvalue weighted by atomic mass is 79.9. The summed E-state index contributed by atoms with van der Waals surface area (Å²) in [4.78, 5) is 14.0. The number of piperidine rings is 1. The number of carbonyl (C=O) groups is 1. The highest BCUT2D eigenvalue weighted by molar-refractivity contribution is 9.10. The molecule has 0 spiro atoms. The van der Waals surface area contributed by atoms with E-state index < -0.39 is 5.60 Å². The monoisotopic (exact) mass is 379 g/mol. The predicted molar refractivity (Wildman–Crippen MR) is 93.1 cm³/mol. The van der Waals surface area contributed by atoms with Gasteiger partial charge in [-0.2, -0.15) is 5.26 Å². The molecule has 0 saturated carbocycles. The molecular weight excluding hydrogens is 358 g/mol. The van der Waals surface area contributed by atoms with E-state index in [0.29, 0.717) is 24.3 Å². The van der Waals surface area contributed by atoms with Crippen molar-refractivity contribution in [3.63, 3.8) is 0 Å². The van der Waals surface area contributed by atoms with E-state index in [1.807, 2.05) is 32.9 Å². The van der Waals surface area contributed by atoms with Crippen LogP contribution in [0.3, 0.4) is 0 Å². The zero-order valence-electron chi connectivity index (χ0n) is 13.7. The molecule has 1 atom stereocenters. The van der Waals surface area contributed by atoms with Crippen LogP contribution in [0, 0.1) is 11.3 Å². The van der Waals surface area contributed by atoms with Crippen molar-refractivity contribution in [1.29, 1.82) is 5.26 Å². The van der Waals surface area contributed by atoms with Gasteiger partial charge in [0, 0.05) is 23.5 Å². The molecule has 1 amide bonds. The number of amides is 1. The van der Waals surface area contributed by atoms with Crippen molar-refractivity contribution in [2.75, 3.05) is 18.8 Å². The van der Waals surface area contributed by atoms with Crippen molar-refractivity contribution < 1.29 is 9.53 Å². The Morgan fingerprint density at radius 3 is 2.78 bits per heavy atom. The summed E-state index contributed by atoms with van der Waals surface area (Å²) in [6.07, 6.45) is 1.60. The average Bonchev–Trinajstić information content (AvgIpc) is 2.48. The maximum absolute atomic E-state index is 12.3. The molecule has 23 heavy (non-hydrogen) atoms. The van der Waals surface area contributed by atoms with E-state index in [-0.39, 0.29) is 12.0 Å². The average molecular weight is 380 g/mol. The van der Waals surface area contributed by atoms with Gasteiger partial charge in [-0.05, 0) is 67.2 Å². The summed E-state index contributed by atoms with van der Waals surface area (Å²) in [7, 11) is 0. The summed E-state index contributed by atoms with van der Waals surface area (Å²) < 4.78 is 6.18. The first kappa shape index (κ1) is 17.6. The highest BCUT2D eigenvalue weighted by Gasteiger charge is 2.28. The number of nitrogens with zero attached hydrogens (tertiary/aromatic N) is 2. The molecule has 124 valence electrons. The lowest BCUT2D eigenvalue weighted by molar-refractivity contribution is 0.0198. The Hall–Kier alpha value is -1.74. The summed E-state index contributed by atoms with van der Waals surface area (Å²) in [6, 6.07) is 5.89. The number of hydrogen-bond acceptors (Lipinski definition) is 4. The number of nitriles is 1. The Balaban J connectivity index is 2.17. The number of nitrogen functional groups attached to an aromatic ring is 1. The van der Waals surface area contributed by atoms with Gasteiger partial charge in [-0.3, -0.25) is 0 Å². The van der Waals surface area contributed by atoms with Gasteiger partial charge in [0.1, 0.15) is 11.7 Å². The third-order valence-corrected chi connectivity index (χ3v) is 4.47.